The molecule has 0 unspecified atom stereocenters. The van der Waals surface area contributed by atoms with Gasteiger partial charge in [0.2, 0.25) is 0 Å². The van der Waals surface area contributed by atoms with E-state index in [1.807, 2.05) is 24.4 Å². The fraction of sp³-hybridized carbons (Fsp3) is 0.273. The average Bonchev–Trinajstić information content (AvgIpc) is 3.00. The predicted octanol–water partition coefficient (Wildman–Crippen LogP) is 2.15. The predicted molar refractivity (Wildman–Crippen MR) is 70.2 cm³/mol. The molecule has 0 aromatic carbocycles. The normalized spacial score (nSPS) is 12.4. The number of aromatic nitrogens is 1. The number of carbonyl (C=O) groups excluding carboxylic acids is 1. The highest BCUT2D eigenvalue weighted by Crippen LogP contribution is 2.19. The molecule has 1 amide bonds. The van der Waals surface area contributed by atoms with Gasteiger partial charge in [0.25, 0.3) is 5.91 Å². The number of thiophene rings is 1. The van der Waals surface area contributed by atoms with Crippen LogP contribution in [0.4, 0.5) is 0 Å². The molecule has 0 fully saturated rings. The molecule has 2 aromatic rings. The van der Waals surface area contributed by atoms with Crippen LogP contribution in [-0.4, -0.2) is 10.9 Å². The highest BCUT2D eigenvalue weighted by Gasteiger charge is 2.14. The summed E-state index contributed by atoms with van der Waals surface area (Å²) >= 11 is 3.03. The van der Waals surface area contributed by atoms with E-state index in [0.29, 0.717) is 12.2 Å². The van der Waals surface area contributed by atoms with Crippen LogP contribution in [0.15, 0.2) is 22.9 Å². The Hall–Kier alpha value is -1.24. The van der Waals surface area contributed by atoms with E-state index in [4.69, 9.17) is 5.73 Å². The van der Waals surface area contributed by atoms with Gasteiger partial charge in [-0.15, -0.1) is 22.7 Å². The number of hydrogen-bond donors (Lipinski definition) is 2. The van der Waals surface area contributed by atoms with Crippen LogP contribution in [0.25, 0.3) is 0 Å². The molecule has 2 heterocycles. The van der Waals surface area contributed by atoms with Crippen LogP contribution in [0.1, 0.15) is 33.3 Å². The molecule has 1 atom stereocenters. The van der Waals surface area contributed by atoms with Gasteiger partial charge in [-0.3, -0.25) is 4.79 Å². The molecule has 0 bridgehead atoms. The van der Waals surface area contributed by atoms with Gasteiger partial charge in [0, 0.05) is 16.8 Å². The van der Waals surface area contributed by atoms with Gasteiger partial charge < -0.3 is 11.1 Å². The van der Waals surface area contributed by atoms with Crippen molar-refractivity contribution < 1.29 is 4.79 Å². The molecule has 2 aromatic heterocycles. The Balaban J connectivity index is 2.01. The monoisotopic (exact) mass is 267 g/mol. The Kier molecular flexibility index (Phi) is 3.88. The fourth-order valence-electron chi connectivity index (χ4n) is 1.39. The Morgan fingerprint density at radius 2 is 2.41 bits per heavy atom. The lowest BCUT2D eigenvalue weighted by molar-refractivity contribution is 0.0936. The third-order valence-electron chi connectivity index (χ3n) is 2.28. The van der Waals surface area contributed by atoms with Crippen LogP contribution in [-0.2, 0) is 6.54 Å². The molecule has 0 aliphatic carbocycles. The van der Waals surface area contributed by atoms with Crippen molar-refractivity contribution >= 4 is 28.6 Å². The summed E-state index contributed by atoms with van der Waals surface area (Å²) in [6, 6.07) is 3.98. The van der Waals surface area contributed by atoms with E-state index < -0.39 is 0 Å². The zero-order valence-corrected chi connectivity index (χ0v) is 11.0. The number of rotatable bonds is 4. The zero-order valence-electron chi connectivity index (χ0n) is 9.34. The first-order chi connectivity index (χ1) is 8.20. The minimum atomic E-state index is -0.151. The molecule has 90 valence electrons. The van der Waals surface area contributed by atoms with Crippen LogP contribution >= 0.6 is 22.7 Å². The summed E-state index contributed by atoms with van der Waals surface area (Å²) in [5.74, 6) is -0.151. The summed E-state index contributed by atoms with van der Waals surface area (Å²) in [7, 11) is 0. The molecular weight excluding hydrogens is 254 g/mol. The summed E-state index contributed by atoms with van der Waals surface area (Å²) in [5.41, 5.74) is 5.90. The first kappa shape index (κ1) is 12.2. The van der Waals surface area contributed by atoms with Gasteiger partial charge in [-0.25, -0.2) is 4.98 Å². The summed E-state index contributed by atoms with van der Waals surface area (Å²) < 4.78 is 0. The smallest absolute Gasteiger partial charge is 0.271 e. The number of thiazole rings is 1. The molecule has 3 N–H and O–H groups in total. The highest BCUT2D eigenvalue weighted by atomic mass is 32.1. The molecule has 0 aliphatic heterocycles. The maximum absolute atomic E-state index is 11.9. The zero-order chi connectivity index (χ0) is 12.3. The quantitative estimate of drug-likeness (QED) is 0.892. The van der Waals surface area contributed by atoms with Crippen molar-refractivity contribution in [2.45, 2.75) is 19.5 Å². The van der Waals surface area contributed by atoms with Gasteiger partial charge in [-0.1, -0.05) is 6.07 Å². The third-order valence-corrected chi connectivity index (χ3v) is 4.20. The van der Waals surface area contributed by atoms with Crippen molar-refractivity contribution in [3.63, 3.8) is 0 Å². The molecule has 0 radical (unpaired) electrons. The molecular formula is C11H13N3OS2. The highest BCUT2D eigenvalue weighted by molar-refractivity contribution is 7.10. The molecule has 0 saturated heterocycles. The van der Waals surface area contributed by atoms with E-state index in [-0.39, 0.29) is 11.9 Å². The molecule has 6 heteroatoms. The van der Waals surface area contributed by atoms with E-state index in [1.165, 1.54) is 11.3 Å². The van der Waals surface area contributed by atoms with Crippen molar-refractivity contribution in [2.24, 2.45) is 5.73 Å². The first-order valence-electron chi connectivity index (χ1n) is 5.19. The first-order valence-corrected chi connectivity index (χ1v) is 6.95. The largest absolute Gasteiger partial charge is 0.343 e. The van der Waals surface area contributed by atoms with Gasteiger partial charge in [0.1, 0.15) is 10.7 Å². The molecule has 0 saturated carbocycles. The molecule has 2 rings (SSSR count). The van der Waals surface area contributed by atoms with Gasteiger partial charge in [-0.2, -0.15) is 0 Å². The lowest BCUT2D eigenvalue weighted by atomic mass is 10.2. The molecule has 0 aliphatic rings. The Labute approximate surface area is 107 Å². The Morgan fingerprint density at radius 3 is 3.00 bits per heavy atom. The summed E-state index contributed by atoms with van der Waals surface area (Å²) in [4.78, 5) is 17.2. The topological polar surface area (TPSA) is 68.0 Å². The average molecular weight is 267 g/mol. The third kappa shape index (κ3) is 2.91. The minimum absolute atomic E-state index is 0.00512. The number of nitrogens with one attached hydrogen (secondary N) is 1. The van der Waals surface area contributed by atoms with Crippen molar-refractivity contribution in [1.82, 2.24) is 10.3 Å². The van der Waals surface area contributed by atoms with Crippen molar-refractivity contribution in [3.8, 4) is 0 Å². The van der Waals surface area contributed by atoms with E-state index in [0.717, 1.165) is 9.88 Å². The van der Waals surface area contributed by atoms with E-state index in [9.17, 15) is 4.79 Å². The number of amides is 1. The Morgan fingerprint density at radius 1 is 1.59 bits per heavy atom. The molecule has 4 nitrogen and oxygen atoms in total. The fourth-order valence-corrected chi connectivity index (χ4v) is 2.78. The van der Waals surface area contributed by atoms with Crippen molar-refractivity contribution in [2.75, 3.05) is 0 Å². The van der Waals surface area contributed by atoms with E-state index in [1.54, 1.807) is 16.7 Å². The van der Waals surface area contributed by atoms with Gasteiger partial charge in [0.15, 0.2) is 0 Å². The van der Waals surface area contributed by atoms with E-state index >= 15 is 0 Å². The second kappa shape index (κ2) is 5.39. The molecule has 0 spiro atoms. The van der Waals surface area contributed by atoms with Gasteiger partial charge in [0.05, 0.1) is 6.04 Å². The Bertz CT molecular complexity index is 493. The second-order valence-corrected chi connectivity index (χ2v) is 5.46. The van der Waals surface area contributed by atoms with Crippen molar-refractivity contribution in [1.29, 1.82) is 0 Å². The second-order valence-electron chi connectivity index (χ2n) is 3.54. The lowest BCUT2D eigenvalue weighted by Gasteiger charge is -2.10. The number of hydrogen-bond acceptors (Lipinski definition) is 5. The van der Waals surface area contributed by atoms with Crippen LogP contribution in [0.2, 0.25) is 0 Å². The standard InChI is InChI=1S/C11H13N3OS2/c1-7(9-3-2-4-16-9)13-11(15)8-6-17-10(5-12)14-8/h2-4,6-7H,5,12H2,1H3,(H,13,15)/t7-/m0/s1. The van der Waals surface area contributed by atoms with Gasteiger partial charge in [-0.05, 0) is 18.4 Å². The summed E-state index contributed by atoms with van der Waals surface area (Å²) in [5, 5.41) is 7.42. The van der Waals surface area contributed by atoms with Crippen molar-refractivity contribution in [3.05, 3.63) is 38.5 Å². The van der Waals surface area contributed by atoms with Crippen LogP contribution in [0, 0.1) is 0 Å². The lowest BCUT2D eigenvalue weighted by Crippen LogP contribution is -2.26. The van der Waals surface area contributed by atoms with Gasteiger partial charge >= 0.3 is 0 Å². The van der Waals surface area contributed by atoms with Crippen LogP contribution in [0.3, 0.4) is 0 Å². The number of nitrogens with two attached hydrogens (primary N) is 1. The minimum Gasteiger partial charge on any atom is -0.343 e. The number of carbonyl (C=O) groups is 1. The van der Waals surface area contributed by atoms with Crippen LogP contribution < -0.4 is 11.1 Å². The van der Waals surface area contributed by atoms with E-state index in [2.05, 4.69) is 10.3 Å². The summed E-state index contributed by atoms with van der Waals surface area (Å²) in [6.45, 7) is 2.33. The maximum atomic E-state index is 11.9. The summed E-state index contributed by atoms with van der Waals surface area (Å²) in [6.07, 6.45) is 0. The number of nitrogens with zero attached hydrogens (tertiary/aromatic N) is 1. The van der Waals surface area contributed by atoms with Crippen LogP contribution in [0.5, 0.6) is 0 Å². The maximum Gasteiger partial charge on any atom is 0.271 e. The SMILES string of the molecule is C[C@H](NC(=O)c1csc(CN)n1)c1cccs1. The molecule has 17 heavy (non-hydrogen) atoms.